The van der Waals surface area contributed by atoms with Gasteiger partial charge in [0.25, 0.3) is 0 Å². The minimum Gasteiger partial charge on any atom is -0.368 e. The van der Waals surface area contributed by atoms with Crippen molar-refractivity contribution < 1.29 is 4.79 Å². The van der Waals surface area contributed by atoms with Crippen molar-refractivity contribution >= 4 is 35.3 Å². The summed E-state index contributed by atoms with van der Waals surface area (Å²) in [6, 6.07) is 7.54. The number of hydrogen-bond donors (Lipinski definition) is 3. The molecule has 5 N–H and O–H groups in total. The van der Waals surface area contributed by atoms with Crippen LogP contribution < -0.4 is 16.8 Å². The standard InChI is InChI=1S/C12H14N6OS/c1-7-2-4-8(5-3-7)15-9(19)6-20-12-17-10(13)16-11(14)18-12/h2-5H,6H2,1H3,(H,15,19)(H4,13,14,16,17,18). The fourth-order valence-corrected chi connectivity index (χ4v) is 2.07. The number of rotatable bonds is 4. The van der Waals surface area contributed by atoms with Crippen LogP contribution in [0, 0.1) is 6.92 Å². The van der Waals surface area contributed by atoms with Crippen molar-refractivity contribution in [1.82, 2.24) is 15.0 Å². The van der Waals surface area contributed by atoms with Crippen LogP contribution in [-0.2, 0) is 4.79 Å². The number of thioether (sulfide) groups is 1. The second-order valence-corrected chi connectivity index (χ2v) is 4.98. The Labute approximate surface area is 120 Å². The van der Waals surface area contributed by atoms with Crippen molar-refractivity contribution in [2.75, 3.05) is 22.5 Å². The van der Waals surface area contributed by atoms with Crippen LogP contribution in [0.4, 0.5) is 17.6 Å². The number of carbonyl (C=O) groups is 1. The predicted molar refractivity (Wildman–Crippen MR) is 79.2 cm³/mol. The molecule has 0 fully saturated rings. The summed E-state index contributed by atoms with van der Waals surface area (Å²) in [5.41, 5.74) is 12.8. The van der Waals surface area contributed by atoms with Crippen LogP contribution in [0.5, 0.6) is 0 Å². The Morgan fingerprint density at radius 3 is 2.35 bits per heavy atom. The second-order valence-electron chi connectivity index (χ2n) is 4.04. The van der Waals surface area contributed by atoms with Crippen LogP contribution >= 0.6 is 11.8 Å². The molecule has 1 aromatic heterocycles. The van der Waals surface area contributed by atoms with Gasteiger partial charge < -0.3 is 16.8 Å². The molecule has 0 aliphatic rings. The molecular weight excluding hydrogens is 276 g/mol. The lowest BCUT2D eigenvalue weighted by molar-refractivity contribution is -0.113. The number of nitrogens with two attached hydrogens (primary N) is 2. The Balaban J connectivity index is 1.90. The Morgan fingerprint density at radius 1 is 1.15 bits per heavy atom. The second kappa shape index (κ2) is 6.20. The molecule has 2 aromatic rings. The highest BCUT2D eigenvalue weighted by atomic mass is 32.2. The summed E-state index contributed by atoms with van der Waals surface area (Å²) in [4.78, 5) is 23.2. The molecule has 0 bridgehead atoms. The smallest absolute Gasteiger partial charge is 0.234 e. The molecule has 0 spiro atoms. The zero-order chi connectivity index (χ0) is 14.5. The summed E-state index contributed by atoms with van der Waals surface area (Å²) in [6.45, 7) is 1.98. The molecule has 1 amide bonds. The number of nitrogens with one attached hydrogen (secondary N) is 1. The quantitative estimate of drug-likeness (QED) is 0.720. The van der Waals surface area contributed by atoms with Crippen molar-refractivity contribution in [2.24, 2.45) is 0 Å². The van der Waals surface area contributed by atoms with Gasteiger partial charge in [0.05, 0.1) is 5.75 Å². The number of hydrogen-bond acceptors (Lipinski definition) is 7. The fraction of sp³-hybridized carbons (Fsp3) is 0.167. The fourth-order valence-electron chi connectivity index (χ4n) is 1.42. The molecule has 1 heterocycles. The number of benzene rings is 1. The van der Waals surface area contributed by atoms with Crippen LogP contribution in [-0.4, -0.2) is 26.6 Å². The summed E-state index contributed by atoms with van der Waals surface area (Å²) >= 11 is 1.14. The molecule has 0 radical (unpaired) electrons. The molecule has 104 valence electrons. The Kier molecular flexibility index (Phi) is 4.36. The maximum Gasteiger partial charge on any atom is 0.234 e. The number of aryl methyl sites for hydroxylation is 1. The first kappa shape index (κ1) is 14.1. The van der Waals surface area contributed by atoms with E-state index in [2.05, 4.69) is 20.3 Å². The molecule has 1 aromatic carbocycles. The lowest BCUT2D eigenvalue weighted by Gasteiger charge is -2.05. The average Bonchev–Trinajstić information content (AvgIpc) is 2.38. The van der Waals surface area contributed by atoms with E-state index in [1.807, 2.05) is 31.2 Å². The van der Waals surface area contributed by atoms with Crippen molar-refractivity contribution in [3.05, 3.63) is 29.8 Å². The Morgan fingerprint density at radius 2 is 1.75 bits per heavy atom. The van der Waals surface area contributed by atoms with Crippen molar-refractivity contribution in [3.63, 3.8) is 0 Å². The molecular formula is C12H14N6OS. The minimum atomic E-state index is -0.156. The summed E-state index contributed by atoms with van der Waals surface area (Å²) in [7, 11) is 0. The molecule has 7 nitrogen and oxygen atoms in total. The van der Waals surface area contributed by atoms with Gasteiger partial charge in [-0.05, 0) is 19.1 Å². The van der Waals surface area contributed by atoms with Gasteiger partial charge >= 0.3 is 0 Å². The predicted octanol–water partition coefficient (Wildman–Crippen LogP) is 1.08. The van der Waals surface area contributed by atoms with Gasteiger partial charge in [-0.25, -0.2) is 0 Å². The number of aromatic nitrogens is 3. The molecule has 0 saturated heterocycles. The SMILES string of the molecule is Cc1ccc(NC(=O)CSc2nc(N)nc(N)n2)cc1. The van der Waals surface area contributed by atoms with Crippen molar-refractivity contribution in [2.45, 2.75) is 12.1 Å². The number of carbonyl (C=O) groups excluding carboxylic acids is 1. The Hall–Kier alpha value is -2.35. The first-order valence-corrected chi connectivity index (χ1v) is 6.78. The third-order valence-electron chi connectivity index (χ3n) is 2.32. The lowest BCUT2D eigenvalue weighted by Crippen LogP contribution is -2.14. The van der Waals surface area contributed by atoms with Crippen LogP contribution in [0.15, 0.2) is 29.4 Å². The van der Waals surface area contributed by atoms with Gasteiger partial charge in [-0.2, -0.15) is 15.0 Å². The molecule has 0 saturated carbocycles. The van der Waals surface area contributed by atoms with Gasteiger partial charge in [-0.15, -0.1) is 0 Å². The molecule has 8 heteroatoms. The van der Waals surface area contributed by atoms with Crippen LogP contribution in [0.1, 0.15) is 5.56 Å². The number of nitrogen functional groups attached to an aromatic ring is 2. The maximum absolute atomic E-state index is 11.8. The van der Waals surface area contributed by atoms with Crippen molar-refractivity contribution in [3.8, 4) is 0 Å². The molecule has 0 atom stereocenters. The zero-order valence-corrected chi connectivity index (χ0v) is 11.6. The monoisotopic (exact) mass is 290 g/mol. The largest absolute Gasteiger partial charge is 0.368 e. The average molecular weight is 290 g/mol. The van der Waals surface area contributed by atoms with Gasteiger partial charge in [0.2, 0.25) is 17.8 Å². The van der Waals surface area contributed by atoms with E-state index in [1.54, 1.807) is 0 Å². The van der Waals surface area contributed by atoms with Crippen LogP contribution in [0.25, 0.3) is 0 Å². The summed E-state index contributed by atoms with van der Waals surface area (Å²) in [6.07, 6.45) is 0. The molecule has 0 unspecified atom stereocenters. The first-order chi connectivity index (χ1) is 9.52. The van der Waals surface area contributed by atoms with Crippen LogP contribution in [0.3, 0.4) is 0 Å². The summed E-state index contributed by atoms with van der Waals surface area (Å²) in [5.74, 6) is 0.0887. The number of nitrogens with zero attached hydrogens (tertiary/aromatic N) is 3. The summed E-state index contributed by atoms with van der Waals surface area (Å²) < 4.78 is 0. The van der Waals surface area contributed by atoms with Gasteiger partial charge in [0.1, 0.15) is 0 Å². The Bertz CT molecular complexity index is 596. The summed E-state index contributed by atoms with van der Waals surface area (Å²) in [5, 5.41) is 3.10. The zero-order valence-electron chi connectivity index (χ0n) is 10.8. The molecule has 20 heavy (non-hydrogen) atoms. The van der Waals surface area contributed by atoms with E-state index in [1.165, 1.54) is 0 Å². The topological polar surface area (TPSA) is 120 Å². The van der Waals surface area contributed by atoms with Gasteiger partial charge in [0.15, 0.2) is 5.16 Å². The normalized spacial score (nSPS) is 10.2. The molecule has 0 aliphatic heterocycles. The van der Waals surface area contributed by atoms with Gasteiger partial charge in [-0.3, -0.25) is 4.79 Å². The van der Waals surface area contributed by atoms with Crippen molar-refractivity contribution in [1.29, 1.82) is 0 Å². The van der Waals surface area contributed by atoms with Gasteiger partial charge in [0, 0.05) is 5.69 Å². The van der Waals surface area contributed by atoms with Crippen LogP contribution in [0.2, 0.25) is 0 Å². The maximum atomic E-state index is 11.8. The lowest BCUT2D eigenvalue weighted by atomic mass is 10.2. The highest BCUT2D eigenvalue weighted by Gasteiger charge is 2.07. The van der Waals surface area contributed by atoms with E-state index in [9.17, 15) is 4.79 Å². The van der Waals surface area contributed by atoms with E-state index in [-0.39, 0.29) is 23.6 Å². The molecule has 0 aliphatic carbocycles. The van der Waals surface area contributed by atoms with E-state index in [0.29, 0.717) is 5.16 Å². The van der Waals surface area contributed by atoms with E-state index < -0.39 is 0 Å². The van der Waals surface area contributed by atoms with E-state index >= 15 is 0 Å². The van der Waals surface area contributed by atoms with Gasteiger partial charge in [-0.1, -0.05) is 29.5 Å². The third-order valence-corrected chi connectivity index (χ3v) is 3.16. The third kappa shape index (κ3) is 4.09. The first-order valence-electron chi connectivity index (χ1n) is 5.79. The highest BCUT2D eigenvalue weighted by Crippen LogP contribution is 2.15. The number of amides is 1. The highest BCUT2D eigenvalue weighted by molar-refractivity contribution is 7.99. The number of anilines is 3. The molecule has 2 rings (SSSR count). The van der Waals surface area contributed by atoms with E-state index in [4.69, 9.17) is 11.5 Å². The minimum absolute atomic E-state index is 0.0407. The van der Waals surface area contributed by atoms with E-state index in [0.717, 1.165) is 23.0 Å².